The van der Waals surface area contributed by atoms with Gasteiger partial charge in [-0.05, 0) is 30.4 Å². The molecule has 1 aromatic rings. The summed E-state index contributed by atoms with van der Waals surface area (Å²) in [5, 5.41) is 0. The minimum absolute atomic E-state index is 0.830. The van der Waals surface area contributed by atoms with Gasteiger partial charge in [-0.25, -0.2) is 0 Å². The van der Waals surface area contributed by atoms with Crippen LogP contribution in [0.25, 0.3) is 0 Å². The van der Waals surface area contributed by atoms with Gasteiger partial charge in [0, 0.05) is 38.8 Å². The van der Waals surface area contributed by atoms with Crippen molar-refractivity contribution >= 4 is 0 Å². The molecule has 3 rings (SSSR count). The summed E-state index contributed by atoms with van der Waals surface area (Å²) in [4.78, 5) is 5.22. The Labute approximate surface area is 128 Å². The fourth-order valence-electron chi connectivity index (χ4n) is 3.04. The second kappa shape index (κ2) is 7.39. The lowest BCUT2D eigenvalue weighted by Gasteiger charge is -2.30. The van der Waals surface area contributed by atoms with Gasteiger partial charge in [-0.15, -0.1) is 0 Å². The number of morpholine rings is 1. The molecule has 0 bridgehead atoms. The molecule has 0 spiro atoms. The number of aryl methyl sites for hydroxylation is 1. The van der Waals surface area contributed by atoms with Gasteiger partial charge < -0.3 is 4.74 Å². The molecule has 0 atom stereocenters. The van der Waals surface area contributed by atoms with Crippen LogP contribution in [0.15, 0.2) is 24.3 Å². The van der Waals surface area contributed by atoms with E-state index in [-0.39, 0.29) is 0 Å². The van der Waals surface area contributed by atoms with Crippen molar-refractivity contribution in [2.45, 2.75) is 38.8 Å². The van der Waals surface area contributed by atoms with Crippen molar-refractivity contribution in [3.05, 3.63) is 35.4 Å². The number of hydrogen-bond acceptors (Lipinski definition) is 3. The molecule has 0 N–H and O–H groups in total. The Morgan fingerprint density at radius 1 is 1.10 bits per heavy atom. The fraction of sp³-hybridized carbons (Fsp3) is 0.667. The summed E-state index contributed by atoms with van der Waals surface area (Å²) in [6.07, 6.45) is 3.90. The van der Waals surface area contributed by atoms with E-state index in [1.165, 1.54) is 37.1 Å². The van der Waals surface area contributed by atoms with E-state index in [2.05, 4.69) is 41.0 Å². The molecule has 1 heterocycles. The Balaban J connectivity index is 1.51. The molecule has 0 amide bonds. The highest BCUT2D eigenvalue weighted by molar-refractivity contribution is 5.22. The Hall–Kier alpha value is -0.900. The molecule has 1 aromatic carbocycles. The van der Waals surface area contributed by atoms with Gasteiger partial charge in [0.2, 0.25) is 0 Å². The zero-order chi connectivity index (χ0) is 14.5. The molecule has 1 aliphatic heterocycles. The van der Waals surface area contributed by atoms with Crippen molar-refractivity contribution in [1.82, 2.24) is 9.80 Å². The second-order valence-electron chi connectivity index (χ2n) is 6.33. The summed E-state index contributed by atoms with van der Waals surface area (Å²) in [6.45, 7) is 9.72. The molecule has 2 fully saturated rings. The Bertz CT molecular complexity index is 421. The van der Waals surface area contributed by atoms with E-state index in [0.29, 0.717) is 0 Å². The molecular weight excluding hydrogens is 260 g/mol. The summed E-state index contributed by atoms with van der Waals surface area (Å²) < 4.78 is 5.43. The number of benzene rings is 1. The van der Waals surface area contributed by atoms with Crippen LogP contribution in [-0.2, 0) is 17.7 Å². The molecule has 116 valence electrons. The summed E-state index contributed by atoms with van der Waals surface area (Å²) in [7, 11) is 0. The number of rotatable bonds is 7. The van der Waals surface area contributed by atoms with Crippen molar-refractivity contribution in [3.8, 4) is 0 Å². The van der Waals surface area contributed by atoms with Crippen molar-refractivity contribution < 1.29 is 4.74 Å². The highest BCUT2D eigenvalue weighted by atomic mass is 16.5. The quantitative estimate of drug-likeness (QED) is 0.767. The first-order chi connectivity index (χ1) is 10.3. The molecule has 0 aromatic heterocycles. The average Bonchev–Trinajstić information content (AvgIpc) is 3.38. The largest absolute Gasteiger partial charge is 0.379 e. The minimum atomic E-state index is 0.830. The minimum Gasteiger partial charge on any atom is -0.379 e. The molecule has 0 radical (unpaired) electrons. The van der Waals surface area contributed by atoms with Crippen LogP contribution in [0.2, 0.25) is 0 Å². The third-order valence-electron chi connectivity index (χ3n) is 4.69. The first kappa shape index (κ1) is 15.0. The van der Waals surface area contributed by atoms with Gasteiger partial charge in [-0.3, -0.25) is 9.80 Å². The van der Waals surface area contributed by atoms with E-state index in [4.69, 9.17) is 4.74 Å². The average molecular weight is 288 g/mol. The Morgan fingerprint density at radius 2 is 1.76 bits per heavy atom. The van der Waals surface area contributed by atoms with Gasteiger partial charge in [-0.2, -0.15) is 0 Å². The van der Waals surface area contributed by atoms with Crippen molar-refractivity contribution in [3.63, 3.8) is 0 Å². The van der Waals surface area contributed by atoms with Gasteiger partial charge in [0.25, 0.3) is 0 Å². The lowest BCUT2D eigenvalue weighted by atomic mass is 10.1. The number of ether oxygens (including phenoxy) is 1. The highest BCUT2D eigenvalue weighted by Crippen LogP contribution is 2.28. The molecular formula is C18H28N2O. The molecule has 2 aliphatic rings. The van der Waals surface area contributed by atoms with Crippen molar-refractivity contribution in [2.24, 2.45) is 0 Å². The summed E-state index contributed by atoms with van der Waals surface area (Å²) in [6, 6.07) is 10.0. The summed E-state index contributed by atoms with van der Waals surface area (Å²) in [5.74, 6) is 0. The van der Waals surface area contributed by atoms with Gasteiger partial charge in [-0.1, -0.05) is 31.2 Å². The topological polar surface area (TPSA) is 15.7 Å². The van der Waals surface area contributed by atoms with E-state index in [1.54, 1.807) is 0 Å². The van der Waals surface area contributed by atoms with Gasteiger partial charge in [0.05, 0.1) is 13.2 Å². The molecule has 21 heavy (non-hydrogen) atoms. The lowest BCUT2D eigenvalue weighted by molar-refractivity contribution is 0.0325. The third-order valence-corrected chi connectivity index (χ3v) is 4.69. The second-order valence-corrected chi connectivity index (χ2v) is 6.33. The van der Waals surface area contributed by atoms with Crippen LogP contribution >= 0.6 is 0 Å². The van der Waals surface area contributed by atoms with E-state index in [1.807, 2.05) is 0 Å². The first-order valence-electron chi connectivity index (χ1n) is 8.47. The normalized spacial score (nSPS) is 20.1. The van der Waals surface area contributed by atoms with Crippen LogP contribution in [0.4, 0.5) is 0 Å². The maximum absolute atomic E-state index is 5.43. The van der Waals surface area contributed by atoms with Gasteiger partial charge in [0.1, 0.15) is 0 Å². The Kier molecular flexibility index (Phi) is 5.28. The van der Waals surface area contributed by atoms with Crippen molar-refractivity contribution in [2.75, 3.05) is 39.4 Å². The molecule has 0 unspecified atom stereocenters. The van der Waals surface area contributed by atoms with Crippen LogP contribution in [0, 0.1) is 0 Å². The SMILES string of the molecule is CCc1ccc(CN(CCN2CCOCC2)C2CC2)cc1. The smallest absolute Gasteiger partial charge is 0.0594 e. The summed E-state index contributed by atoms with van der Waals surface area (Å²) in [5.41, 5.74) is 2.89. The van der Waals surface area contributed by atoms with E-state index in [0.717, 1.165) is 45.3 Å². The Morgan fingerprint density at radius 3 is 2.38 bits per heavy atom. The van der Waals surface area contributed by atoms with E-state index in [9.17, 15) is 0 Å². The lowest BCUT2D eigenvalue weighted by Crippen LogP contribution is -2.41. The van der Waals surface area contributed by atoms with E-state index < -0.39 is 0 Å². The fourth-order valence-corrected chi connectivity index (χ4v) is 3.04. The zero-order valence-electron chi connectivity index (χ0n) is 13.3. The monoisotopic (exact) mass is 288 g/mol. The standard InChI is InChI=1S/C18H28N2O/c1-2-16-3-5-17(6-4-16)15-20(18-7-8-18)10-9-19-11-13-21-14-12-19/h3-6,18H,2,7-15H2,1H3. The van der Waals surface area contributed by atoms with Crippen LogP contribution in [0.5, 0.6) is 0 Å². The molecule has 3 nitrogen and oxygen atoms in total. The zero-order valence-corrected chi connectivity index (χ0v) is 13.3. The molecule has 1 saturated carbocycles. The van der Waals surface area contributed by atoms with Crippen LogP contribution in [0.1, 0.15) is 30.9 Å². The number of hydrogen-bond donors (Lipinski definition) is 0. The van der Waals surface area contributed by atoms with Crippen LogP contribution in [-0.4, -0.2) is 55.2 Å². The predicted octanol–water partition coefficient (Wildman–Crippen LogP) is 2.55. The summed E-state index contributed by atoms with van der Waals surface area (Å²) >= 11 is 0. The maximum Gasteiger partial charge on any atom is 0.0594 e. The van der Waals surface area contributed by atoms with Gasteiger partial charge >= 0.3 is 0 Å². The first-order valence-corrected chi connectivity index (χ1v) is 8.47. The molecule has 1 aliphatic carbocycles. The van der Waals surface area contributed by atoms with Crippen LogP contribution < -0.4 is 0 Å². The van der Waals surface area contributed by atoms with E-state index >= 15 is 0 Å². The molecule has 3 heteroatoms. The predicted molar refractivity (Wildman–Crippen MR) is 86.5 cm³/mol. The van der Waals surface area contributed by atoms with Crippen LogP contribution in [0.3, 0.4) is 0 Å². The van der Waals surface area contributed by atoms with Gasteiger partial charge in [0.15, 0.2) is 0 Å². The van der Waals surface area contributed by atoms with Crippen molar-refractivity contribution in [1.29, 1.82) is 0 Å². The highest BCUT2D eigenvalue weighted by Gasteiger charge is 2.29. The third kappa shape index (κ3) is 4.53. The molecule has 1 saturated heterocycles. The number of nitrogens with zero attached hydrogens (tertiary/aromatic N) is 2. The maximum atomic E-state index is 5.43.